The highest BCUT2D eigenvalue weighted by atomic mass is 127. The summed E-state index contributed by atoms with van der Waals surface area (Å²) in [4.78, 5) is 4.13. The SMILES string of the molecule is Clc1cccnc1-c1nnc(I)s1. The molecular weight excluding hydrogens is 321 g/mol. The van der Waals surface area contributed by atoms with E-state index in [4.69, 9.17) is 11.6 Å². The summed E-state index contributed by atoms with van der Waals surface area (Å²) in [7, 11) is 0. The minimum Gasteiger partial charge on any atom is -0.252 e. The third-order valence-electron chi connectivity index (χ3n) is 1.36. The molecule has 0 bridgehead atoms. The van der Waals surface area contributed by atoms with Gasteiger partial charge < -0.3 is 0 Å². The number of nitrogens with zero attached hydrogens (tertiary/aromatic N) is 3. The molecule has 2 heterocycles. The molecule has 0 aliphatic heterocycles. The lowest BCUT2D eigenvalue weighted by molar-refractivity contribution is 1.07. The molecule has 0 aromatic carbocycles. The molecule has 0 saturated heterocycles. The van der Waals surface area contributed by atoms with Gasteiger partial charge in [-0.05, 0) is 34.7 Å². The Kier molecular flexibility index (Phi) is 2.75. The van der Waals surface area contributed by atoms with E-state index in [2.05, 4.69) is 37.8 Å². The first-order valence-corrected chi connectivity index (χ1v) is 5.64. The lowest BCUT2D eigenvalue weighted by atomic mass is 10.4. The van der Waals surface area contributed by atoms with E-state index in [1.165, 1.54) is 11.3 Å². The van der Waals surface area contributed by atoms with E-state index in [-0.39, 0.29) is 0 Å². The zero-order valence-electron chi connectivity index (χ0n) is 6.24. The summed E-state index contributed by atoms with van der Waals surface area (Å²) in [5.41, 5.74) is 0.699. The molecule has 0 N–H and O–H groups in total. The topological polar surface area (TPSA) is 38.7 Å². The van der Waals surface area contributed by atoms with Crippen molar-refractivity contribution >= 4 is 45.5 Å². The summed E-state index contributed by atoms with van der Waals surface area (Å²) >= 11 is 9.53. The van der Waals surface area contributed by atoms with Crippen molar-refractivity contribution in [1.82, 2.24) is 15.2 Å². The van der Waals surface area contributed by atoms with Crippen LogP contribution in [0.4, 0.5) is 0 Å². The van der Waals surface area contributed by atoms with Gasteiger partial charge in [-0.15, -0.1) is 10.2 Å². The molecule has 0 saturated carbocycles. The first-order chi connectivity index (χ1) is 6.27. The van der Waals surface area contributed by atoms with E-state index in [1.807, 2.05) is 0 Å². The highest BCUT2D eigenvalue weighted by Gasteiger charge is 2.09. The average molecular weight is 324 g/mol. The standard InChI is InChI=1S/C7H3ClIN3S/c8-4-2-1-3-10-5(4)6-11-12-7(9)13-6/h1-3H. The van der Waals surface area contributed by atoms with Crippen LogP contribution in [0.1, 0.15) is 0 Å². The Morgan fingerprint density at radius 3 is 2.85 bits per heavy atom. The van der Waals surface area contributed by atoms with Crippen molar-refractivity contribution in [3.05, 3.63) is 26.4 Å². The maximum absolute atomic E-state index is 5.94. The van der Waals surface area contributed by atoms with Gasteiger partial charge in [0.25, 0.3) is 0 Å². The minimum atomic E-state index is 0.607. The second kappa shape index (κ2) is 3.85. The summed E-state index contributed by atoms with van der Waals surface area (Å²) in [5, 5.41) is 9.22. The van der Waals surface area contributed by atoms with Gasteiger partial charge in [0.15, 0.2) is 8.02 Å². The van der Waals surface area contributed by atoms with Gasteiger partial charge in [0, 0.05) is 6.20 Å². The van der Waals surface area contributed by atoms with Crippen LogP contribution in [0.15, 0.2) is 18.3 Å². The van der Waals surface area contributed by atoms with Gasteiger partial charge >= 0.3 is 0 Å². The Morgan fingerprint density at radius 2 is 2.23 bits per heavy atom. The van der Waals surface area contributed by atoms with Crippen LogP contribution in [0.3, 0.4) is 0 Å². The van der Waals surface area contributed by atoms with Gasteiger partial charge in [-0.25, -0.2) is 0 Å². The van der Waals surface area contributed by atoms with E-state index in [9.17, 15) is 0 Å². The highest BCUT2D eigenvalue weighted by molar-refractivity contribution is 14.1. The molecule has 0 radical (unpaired) electrons. The Morgan fingerprint density at radius 1 is 1.38 bits per heavy atom. The number of rotatable bonds is 1. The van der Waals surface area contributed by atoms with Gasteiger partial charge in [-0.3, -0.25) is 4.98 Å². The lowest BCUT2D eigenvalue weighted by Crippen LogP contribution is -1.82. The fourth-order valence-corrected chi connectivity index (χ4v) is 2.43. The monoisotopic (exact) mass is 323 g/mol. The van der Waals surface area contributed by atoms with E-state index in [1.54, 1.807) is 18.3 Å². The van der Waals surface area contributed by atoms with Crippen LogP contribution < -0.4 is 0 Å². The zero-order valence-corrected chi connectivity index (χ0v) is 9.97. The molecule has 2 rings (SSSR count). The fourth-order valence-electron chi connectivity index (χ4n) is 0.844. The number of pyridine rings is 1. The van der Waals surface area contributed by atoms with Crippen LogP contribution in [-0.4, -0.2) is 15.2 Å². The Balaban J connectivity index is 2.52. The van der Waals surface area contributed by atoms with Crippen molar-refractivity contribution < 1.29 is 0 Å². The van der Waals surface area contributed by atoms with Gasteiger partial charge in [-0.2, -0.15) is 0 Å². The third-order valence-corrected chi connectivity index (χ3v) is 3.26. The summed E-state index contributed by atoms with van der Waals surface area (Å²) in [6.07, 6.45) is 1.69. The average Bonchev–Trinajstić information content (AvgIpc) is 2.53. The van der Waals surface area contributed by atoms with Crippen molar-refractivity contribution in [2.75, 3.05) is 0 Å². The van der Waals surface area contributed by atoms with E-state index >= 15 is 0 Å². The molecule has 0 atom stereocenters. The maximum atomic E-state index is 5.94. The Hall–Kier alpha value is -0.270. The molecule has 0 aliphatic rings. The Labute approximate surface area is 97.3 Å². The molecule has 3 nitrogen and oxygen atoms in total. The molecular formula is C7H3ClIN3S. The maximum Gasteiger partial charge on any atom is 0.178 e. The summed E-state index contributed by atoms with van der Waals surface area (Å²) < 4.78 is 0.884. The van der Waals surface area contributed by atoms with E-state index in [0.29, 0.717) is 10.7 Å². The van der Waals surface area contributed by atoms with Crippen LogP contribution in [0.5, 0.6) is 0 Å². The number of hydrogen-bond acceptors (Lipinski definition) is 4. The van der Waals surface area contributed by atoms with Crippen molar-refractivity contribution in [2.24, 2.45) is 0 Å². The number of halogens is 2. The number of hydrogen-bond donors (Lipinski definition) is 0. The first kappa shape index (κ1) is 9.29. The lowest BCUT2D eigenvalue weighted by Gasteiger charge is -1.95. The quantitative estimate of drug-likeness (QED) is 0.758. The smallest absolute Gasteiger partial charge is 0.178 e. The highest BCUT2D eigenvalue weighted by Crippen LogP contribution is 2.27. The summed E-state index contributed by atoms with van der Waals surface area (Å²) in [5.74, 6) is 0. The predicted octanol–water partition coefficient (Wildman–Crippen LogP) is 2.86. The van der Waals surface area contributed by atoms with Crippen molar-refractivity contribution in [3.8, 4) is 10.7 Å². The summed E-state index contributed by atoms with van der Waals surface area (Å²) in [6.45, 7) is 0. The molecule has 2 aromatic rings. The molecule has 66 valence electrons. The molecule has 0 spiro atoms. The third kappa shape index (κ3) is 1.97. The predicted molar refractivity (Wildman–Crippen MR) is 60.9 cm³/mol. The summed E-state index contributed by atoms with van der Waals surface area (Å²) in [6, 6.07) is 3.58. The number of aromatic nitrogens is 3. The van der Waals surface area contributed by atoms with Crippen molar-refractivity contribution in [2.45, 2.75) is 0 Å². The van der Waals surface area contributed by atoms with E-state index < -0.39 is 0 Å². The molecule has 13 heavy (non-hydrogen) atoms. The molecule has 0 aliphatic carbocycles. The van der Waals surface area contributed by atoms with Gasteiger partial charge in [-0.1, -0.05) is 22.9 Å². The Bertz CT molecular complexity index is 431. The molecule has 0 amide bonds. The first-order valence-electron chi connectivity index (χ1n) is 3.37. The fraction of sp³-hybridized carbons (Fsp3) is 0. The second-order valence-electron chi connectivity index (χ2n) is 2.19. The van der Waals surface area contributed by atoms with Crippen LogP contribution in [0.25, 0.3) is 10.7 Å². The van der Waals surface area contributed by atoms with E-state index in [0.717, 1.165) is 8.02 Å². The van der Waals surface area contributed by atoms with Crippen molar-refractivity contribution in [3.63, 3.8) is 0 Å². The van der Waals surface area contributed by atoms with Crippen molar-refractivity contribution in [1.29, 1.82) is 0 Å². The van der Waals surface area contributed by atoms with Gasteiger partial charge in [0.2, 0.25) is 0 Å². The van der Waals surface area contributed by atoms with Gasteiger partial charge in [0.05, 0.1) is 5.02 Å². The molecule has 6 heteroatoms. The van der Waals surface area contributed by atoms with Gasteiger partial charge in [0.1, 0.15) is 5.69 Å². The van der Waals surface area contributed by atoms with Crippen LogP contribution >= 0.6 is 45.5 Å². The molecule has 0 fully saturated rings. The van der Waals surface area contributed by atoms with Crippen LogP contribution in [0, 0.1) is 3.01 Å². The minimum absolute atomic E-state index is 0.607. The zero-order chi connectivity index (χ0) is 9.26. The van der Waals surface area contributed by atoms with Crippen LogP contribution in [-0.2, 0) is 0 Å². The molecule has 2 aromatic heterocycles. The molecule has 0 unspecified atom stereocenters. The largest absolute Gasteiger partial charge is 0.252 e. The van der Waals surface area contributed by atoms with Crippen LogP contribution in [0.2, 0.25) is 5.02 Å². The normalized spacial score (nSPS) is 10.3. The second-order valence-corrected chi connectivity index (χ2v) is 5.33.